The fourth-order valence-electron chi connectivity index (χ4n) is 1.61. The fourth-order valence-corrected chi connectivity index (χ4v) is 2.45. The topological polar surface area (TPSA) is 45.2 Å². The van der Waals surface area contributed by atoms with Crippen LogP contribution < -0.4 is 5.32 Å². The number of aromatic nitrogens is 1. The lowest BCUT2D eigenvalue weighted by Gasteiger charge is -2.08. The average Bonchev–Trinajstić information content (AvgIpc) is 2.70. The molecule has 2 N–H and O–H groups in total. The molecule has 0 unspecified atom stereocenters. The largest absolute Gasteiger partial charge is 0.492 e. The zero-order valence-electron chi connectivity index (χ0n) is 9.95. The van der Waals surface area contributed by atoms with Gasteiger partial charge in [0.1, 0.15) is 0 Å². The van der Waals surface area contributed by atoms with Gasteiger partial charge in [0.25, 0.3) is 0 Å². The van der Waals surface area contributed by atoms with Crippen LogP contribution >= 0.6 is 11.3 Å². The maximum absolute atomic E-state index is 12.6. The smallest absolute Gasteiger partial charge is 0.416 e. The summed E-state index contributed by atoms with van der Waals surface area (Å²) >= 11 is 1.21. The van der Waals surface area contributed by atoms with Gasteiger partial charge in [-0.3, -0.25) is 0 Å². The van der Waals surface area contributed by atoms with Gasteiger partial charge in [-0.2, -0.15) is 18.2 Å². The lowest BCUT2D eigenvalue weighted by atomic mass is 10.1. The predicted octanol–water partition coefficient (Wildman–Crippen LogP) is 3.50. The van der Waals surface area contributed by atoms with Crippen molar-refractivity contribution >= 4 is 16.5 Å². The van der Waals surface area contributed by atoms with Crippen LogP contribution in [0.5, 0.6) is 5.88 Å². The van der Waals surface area contributed by atoms with E-state index < -0.39 is 11.7 Å². The lowest BCUT2D eigenvalue weighted by Crippen LogP contribution is -2.05. The molecule has 7 heteroatoms. The van der Waals surface area contributed by atoms with Crippen LogP contribution in [0.15, 0.2) is 24.3 Å². The highest BCUT2D eigenvalue weighted by molar-refractivity contribution is 7.15. The Bertz CT molecular complexity index is 581. The van der Waals surface area contributed by atoms with E-state index in [4.69, 9.17) is 0 Å². The zero-order chi connectivity index (χ0) is 14.0. The summed E-state index contributed by atoms with van der Waals surface area (Å²) in [4.78, 5) is 4.37. The van der Waals surface area contributed by atoms with Crippen LogP contribution in [0.4, 0.5) is 18.3 Å². The number of nitrogens with zero attached hydrogens (tertiary/aromatic N) is 1. The Morgan fingerprint density at radius 1 is 1.37 bits per heavy atom. The summed E-state index contributed by atoms with van der Waals surface area (Å²) in [5.41, 5.74) is -0.209. The van der Waals surface area contributed by atoms with E-state index in [0.29, 0.717) is 15.6 Å². The van der Waals surface area contributed by atoms with Crippen LogP contribution in [0.1, 0.15) is 16.0 Å². The standard InChI is InChI=1S/C12H11F3N2OS/c1-16-11-17-10(18)9(19-11)6-7-3-2-4-8(5-7)12(13,14)15/h2-5,18H,6H2,1H3,(H,16,17). The van der Waals surface area contributed by atoms with Gasteiger partial charge < -0.3 is 10.4 Å². The molecule has 1 heterocycles. The molecule has 1 aromatic carbocycles. The Morgan fingerprint density at radius 2 is 2.11 bits per heavy atom. The minimum atomic E-state index is -4.36. The monoisotopic (exact) mass is 288 g/mol. The molecule has 2 aromatic rings. The second-order valence-corrected chi connectivity index (χ2v) is 4.97. The molecule has 1 aromatic heterocycles. The molecule has 0 saturated carbocycles. The number of halogens is 3. The molecule has 3 nitrogen and oxygen atoms in total. The van der Waals surface area contributed by atoms with Crippen LogP contribution in [0.2, 0.25) is 0 Å². The van der Waals surface area contributed by atoms with Crippen LogP contribution in [-0.4, -0.2) is 17.1 Å². The molecule has 19 heavy (non-hydrogen) atoms. The van der Waals surface area contributed by atoms with Crippen LogP contribution in [-0.2, 0) is 12.6 Å². The van der Waals surface area contributed by atoms with Crippen molar-refractivity contribution in [3.63, 3.8) is 0 Å². The summed E-state index contributed by atoms with van der Waals surface area (Å²) in [5.74, 6) is -0.147. The number of rotatable bonds is 3. The van der Waals surface area contributed by atoms with E-state index in [9.17, 15) is 18.3 Å². The summed E-state index contributed by atoms with van der Waals surface area (Å²) in [7, 11) is 1.66. The highest BCUT2D eigenvalue weighted by Crippen LogP contribution is 2.32. The van der Waals surface area contributed by atoms with E-state index in [-0.39, 0.29) is 12.3 Å². The molecule has 0 aliphatic heterocycles. The molecule has 0 amide bonds. The number of hydrogen-bond donors (Lipinski definition) is 2. The van der Waals surface area contributed by atoms with Gasteiger partial charge in [0.05, 0.1) is 10.4 Å². The van der Waals surface area contributed by atoms with E-state index in [1.165, 1.54) is 17.4 Å². The molecule has 102 valence electrons. The highest BCUT2D eigenvalue weighted by atomic mass is 32.1. The molecule has 0 saturated heterocycles. The van der Waals surface area contributed by atoms with Crippen LogP contribution in [0.3, 0.4) is 0 Å². The number of thiazole rings is 1. The molecule has 0 aliphatic rings. The summed E-state index contributed by atoms with van der Waals surface area (Å²) in [6.07, 6.45) is -4.14. The molecule has 2 rings (SSSR count). The van der Waals surface area contributed by atoms with E-state index >= 15 is 0 Å². The normalized spacial score (nSPS) is 11.6. The molecule has 0 atom stereocenters. The van der Waals surface area contributed by atoms with Gasteiger partial charge in [0, 0.05) is 13.5 Å². The molecule has 0 aliphatic carbocycles. The lowest BCUT2D eigenvalue weighted by molar-refractivity contribution is -0.137. The second-order valence-electron chi connectivity index (χ2n) is 3.89. The highest BCUT2D eigenvalue weighted by Gasteiger charge is 2.30. The number of alkyl halides is 3. The summed E-state index contributed by atoms with van der Waals surface area (Å²) in [6.45, 7) is 0. The van der Waals surface area contributed by atoms with Gasteiger partial charge >= 0.3 is 6.18 Å². The minimum Gasteiger partial charge on any atom is -0.492 e. The van der Waals surface area contributed by atoms with Gasteiger partial charge in [0.15, 0.2) is 5.13 Å². The summed E-state index contributed by atoms with van der Waals surface area (Å²) in [5, 5.41) is 12.9. The summed E-state index contributed by atoms with van der Waals surface area (Å²) < 4.78 is 37.7. The van der Waals surface area contributed by atoms with Gasteiger partial charge in [-0.1, -0.05) is 29.5 Å². The Morgan fingerprint density at radius 3 is 2.68 bits per heavy atom. The Hall–Kier alpha value is -1.76. The maximum Gasteiger partial charge on any atom is 0.416 e. The van der Waals surface area contributed by atoms with Crippen molar-refractivity contribution in [1.29, 1.82) is 0 Å². The quantitative estimate of drug-likeness (QED) is 0.908. The third-order valence-electron chi connectivity index (χ3n) is 2.51. The zero-order valence-corrected chi connectivity index (χ0v) is 10.8. The first-order valence-corrected chi connectivity index (χ1v) is 6.24. The molecule has 0 radical (unpaired) electrons. The average molecular weight is 288 g/mol. The van der Waals surface area contributed by atoms with E-state index in [0.717, 1.165) is 12.1 Å². The third-order valence-corrected chi connectivity index (χ3v) is 3.57. The Kier molecular flexibility index (Phi) is 3.66. The van der Waals surface area contributed by atoms with Crippen LogP contribution in [0, 0.1) is 0 Å². The molecule has 0 spiro atoms. The Labute approximate surface area is 111 Å². The Balaban J connectivity index is 2.26. The number of aromatic hydroxyl groups is 1. The first-order valence-electron chi connectivity index (χ1n) is 5.42. The molecule has 0 fully saturated rings. The van der Waals surface area contributed by atoms with Crippen molar-refractivity contribution in [1.82, 2.24) is 4.98 Å². The number of hydrogen-bond acceptors (Lipinski definition) is 4. The number of benzene rings is 1. The first-order chi connectivity index (χ1) is 8.90. The minimum absolute atomic E-state index is 0.147. The van der Waals surface area contributed by atoms with Crippen molar-refractivity contribution in [2.45, 2.75) is 12.6 Å². The second kappa shape index (κ2) is 5.08. The maximum atomic E-state index is 12.6. The molecular weight excluding hydrogens is 277 g/mol. The predicted molar refractivity (Wildman–Crippen MR) is 67.6 cm³/mol. The fraction of sp³-hybridized carbons (Fsp3) is 0.250. The van der Waals surface area contributed by atoms with E-state index in [1.807, 2.05) is 0 Å². The number of nitrogens with one attached hydrogen (secondary N) is 1. The van der Waals surface area contributed by atoms with E-state index in [2.05, 4.69) is 10.3 Å². The van der Waals surface area contributed by atoms with Gasteiger partial charge in [-0.25, -0.2) is 0 Å². The van der Waals surface area contributed by atoms with Crippen molar-refractivity contribution in [2.75, 3.05) is 12.4 Å². The van der Waals surface area contributed by atoms with Crippen molar-refractivity contribution < 1.29 is 18.3 Å². The third kappa shape index (κ3) is 3.17. The van der Waals surface area contributed by atoms with E-state index in [1.54, 1.807) is 13.1 Å². The molecule has 0 bridgehead atoms. The van der Waals surface area contributed by atoms with Crippen molar-refractivity contribution in [3.05, 3.63) is 40.3 Å². The first kappa shape index (κ1) is 13.7. The van der Waals surface area contributed by atoms with Crippen molar-refractivity contribution in [3.8, 4) is 5.88 Å². The van der Waals surface area contributed by atoms with Crippen LogP contribution in [0.25, 0.3) is 0 Å². The summed E-state index contributed by atoms with van der Waals surface area (Å²) in [6, 6.07) is 5.05. The molecular formula is C12H11F3N2OS. The SMILES string of the molecule is CNc1nc(O)c(Cc2cccc(C(F)(F)F)c2)s1. The van der Waals surface area contributed by atoms with Gasteiger partial charge in [0.2, 0.25) is 5.88 Å². The van der Waals surface area contributed by atoms with Gasteiger partial charge in [-0.15, -0.1) is 0 Å². The van der Waals surface area contributed by atoms with Gasteiger partial charge in [-0.05, 0) is 11.6 Å². The van der Waals surface area contributed by atoms with Crippen molar-refractivity contribution in [2.24, 2.45) is 0 Å². The number of anilines is 1.